The largest absolute Gasteiger partial charge is 0.463 e. The molecule has 0 aromatic heterocycles. The minimum absolute atomic E-state index is 0.00941. The first-order valence-corrected chi connectivity index (χ1v) is 21.3. The fraction of sp³-hybridized carbons (Fsp3) is 0.841. The molecule has 0 aromatic carbocycles. The van der Waals surface area contributed by atoms with Crippen LogP contribution in [0, 0.1) is 11.8 Å². The van der Waals surface area contributed by atoms with Gasteiger partial charge in [-0.2, -0.15) is 0 Å². The van der Waals surface area contributed by atoms with E-state index in [4.69, 9.17) is 14.2 Å². The molecule has 1 fully saturated rings. The predicted octanol–water partition coefficient (Wildman–Crippen LogP) is 11.5. The Morgan fingerprint density at radius 1 is 0.588 bits per heavy atom. The molecule has 1 rings (SSSR count). The third kappa shape index (κ3) is 30.1. The molecule has 0 bridgehead atoms. The van der Waals surface area contributed by atoms with Gasteiger partial charge in [0.2, 0.25) is 0 Å². The highest BCUT2D eigenvalue weighted by atomic mass is 16.5. The van der Waals surface area contributed by atoms with Crippen molar-refractivity contribution >= 4 is 17.9 Å². The van der Waals surface area contributed by atoms with Crippen LogP contribution in [0.3, 0.4) is 0 Å². The summed E-state index contributed by atoms with van der Waals surface area (Å²) in [6.45, 7) is 6.53. The van der Waals surface area contributed by atoms with E-state index in [2.05, 4.69) is 32.8 Å². The molecular formula is C44H79NO6. The molecule has 51 heavy (non-hydrogen) atoms. The first-order valence-electron chi connectivity index (χ1n) is 21.3. The fourth-order valence-electron chi connectivity index (χ4n) is 6.98. The average Bonchev–Trinajstić information content (AvgIpc) is 3.08. The van der Waals surface area contributed by atoms with Crippen molar-refractivity contribution in [1.82, 2.24) is 4.90 Å². The quantitative estimate of drug-likeness (QED) is 0.0279. The molecule has 0 saturated heterocycles. The van der Waals surface area contributed by atoms with Gasteiger partial charge in [0.1, 0.15) is 6.10 Å². The minimum Gasteiger partial charge on any atom is -0.463 e. The fourth-order valence-corrected chi connectivity index (χ4v) is 6.98. The van der Waals surface area contributed by atoms with Gasteiger partial charge in [0.05, 0.1) is 13.2 Å². The Bertz CT molecular complexity index is 857. The molecule has 7 nitrogen and oxygen atoms in total. The lowest BCUT2D eigenvalue weighted by atomic mass is 9.73. The highest BCUT2D eigenvalue weighted by Crippen LogP contribution is 2.36. The normalized spacial score (nSPS) is 16.0. The maximum absolute atomic E-state index is 12.9. The Kier molecular flexibility index (Phi) is 30.9. The van der Waals surface area contributed by atoms with Crippen LogP contribution in [0.1, 0.15) is 187 Å². The van der Waals surface area contributed by atoms with Crippen molar-refractivity contribution < 1.29 is 28.6 Å². The Balaban J connectivity index is 2.22. The van der Waals surface area contributed by atoms with Gasteiger partial charge in [0.15, 0.2) is 0 Å². The summed E-state index contributed by atoms with van der Waals surface area (Å²) in [7, 11) is 4.24. The predicted molar refractivity (Wildman–Crippen MR) is 212 cm³/mol. The highest BCUT2D eigenvalue weighted by molar-refractivity contribution is 5.82. The zero-order valence-electron chi connectivity index (χ0n) is 33.7. The maximum atomic E-state index is 12.9. The van der Waals surface area contributed by atoms with E-state index in [0.717, 1.165) is 102 Å². The Hall–Kier alpha value is -2.15. The summed E-state index contributed by atoms with van der Waals surface area (Å²) in [6, 6.07) is 0. The number of ether oxygens (including phenoxy) is 3. The topological polar surface area (TPSA) is 82.1 Å². The zero-order valence-corrected chi connectivity index (χ0v) is 33.7. The molecular weight excluding hydrogens is 638 g/mol. The number of carbonyl (C=O) groups is 3. The van der Waals surface area contributed by atoms with Gasteiger partial charge >= 0.3 is 17.9 Å². The van der Waals surface area contributed by atoms with E-state index in [0.29, 0.717) is 25.6 Å². The van der Waals surface area contributed by atoms with E-state index in [1.807, 2.05) is 12.2 Å². The molecule has 1 aliphatic carbocycles. The molecule has 0 aliphatic heterocycles. The minimum atomic E-state index is -0.212. The SMILES string of the molecule is CCCCCCOC(=O)/C=C\CCCCCCCCC(CCCCCCCC/C=C\C(=O)OCCCCCC)OC(=O)CC1CC(CN(C)C)C1. The van der Waals surface area contributed by atoms with Gasteiger partial charge in [0, 0.05) is 25.1 Å². The lowest BCUT2D eigenvalue weighted by molar-refractivity contribution is -0.152. The van der Waals surface area contributed by atoms with Crippen LogP contribution in [-0.4, -0.2) is 62.8 Å². The molecule has 1 aliphatic rings. The molecule has 0 radical (unpaired) electrons. The van der Waals surface area contributed by atoms with E-state index in [-0.39, 0.29) is 24.0 Å². The number of carbonyl (C=O) groups excluding carboxylic acids is 3. The number of hydrogen-bond donors (Lipinski definition) is 0. The summed E-state index contributed by atoms with van der Waals surface area (Å²) in [5.74, 6) is 0.807. The number of unbranched alkanes of at least 4 members (excludes halogenated alkanes) is 18. The summed E-state index contributed by atoms with van der Waals surface area (Å²) < 4.78 is 16.6. The van der Waals surface area contributed by atoms with Crippen LogP contribution in [0.25, 0.3) is 0 Å². The molecule has 0 amide bonds. The molecule has 0 spiro atoms. The third-order valence-corrected chi connectivity index (χ3v) is 10.00. The van der Waals surface area contributed by atoms with Crippen LogP contribution in [0.5, 0.6) is 0 Å². The molecule has 0 unspecified atom stereocenters. The van der Waals surface area contributed by atoms with Crippen molar-refractivity contribution in [2.75, 3.05) is 33.9 Å². The van der Waals surface area contributed by atoms with Gasteiger partial charge in [0.25, 0.3) is 0 Å². The second kappa shape index (κ2) is 33.7. The van der Waals surface area contributed by atoms with Crippen molar-refractivity contribution in [2.45, 2.75) is 193 Å². The van der Waals surface area contributed by atoms with Gasteiger partial charge in [-0.05, 0) is 103 Å². The van der Waals surface area contributed by atoms with Crippen LogP contribution in [0.2, 0.25) is 0 Å². The summed E-state index contributed by atoms with van der Waals surface area (Å²) in [4.78, 5) is 38.7. The second-order valence-corrected chi connectivity index (χ2v) is 15.4. The first-order chi connectivity index (χ1) is 24.8. The summed E-state index contributed by atoms with van der Waals surface area (Å²) in [5, 5.41) is 0. The van der Waals surface area contributed by atoms with Gasteiger partial charge in [-0.25, -0.2) is 9.59 Å². The Morgan fingerprint density at radius 2 is 1.02 bits per heavy atom. The molecule has 0 N–H and O–H groups in total. The molecule has 296 valence electrons. The Morgan fingerprint density at radius 3 is 1.47 bits per heavy atom. The average molecular weight is 718 g/mol. The second-order valence-electron chi connectivity index (χ2n) is 15.4. The van der Waals surface area contributed by atoms with Crippen LogP contribution in [-0.2, 0) is 28.6 Å². The number of esters is 3. The van der Waals surface area contributed by atoms with Gasteiger partial charge in [-0.1, -0.05) is 116 Å². The first kappa shape index (κ1) is 46.9. The number of allylic oxidation sites excluding steroid dienone is 2. The summed E-state index contributed by atoms with van der Waals surface area (Å²) in [6.07, 6.45) is 36.6. The number of hydrogen-bond acceptors (Lipinski definition) is 7. The van der Waals surface area contributed by atoms with Crippen molar-refractivity contribution in [3.63, 3.8) is 0 Å². The lowest BCUT2D eigenvalue weighted by Crippen LogP contribution is -2.34. The van der Waals surface area contributed by atoms with Crippen LogP contribution >= 0.6 is 0 Å². The van der Waals surface area contributed by atoms with E-state index in [1.165, 1.54) is 77.0 Å². The standard InChI is InChI=1S/C44H79NO6/c1-5-7-9-27-33-49-42(46)31-25-21-17-13-11-15-19-23-29-41(51-44(48)37-39-35-40(36-39)38-45(3)4)30-24-20-16-12-14-18-22-26-32-43(47)50-34-28-10-8-6-2/h25-26,31-32,39-41H,5-24,27-30,33-38H2,1-4H3/b31-25-,32-26-. The van der Waals surface area contributed by atoms with Gasteiger partial charge in [-0.3, -0.25) is 4.79 Å². The molecule has 1 saturated carbocycles. The van der Waals surface area contributed by atoms with Gasteiger partial charge in [-0.15, -0.1) is 0 Å². The Labute approximate surface area is 314 Å². The lowest BCUT2D eigenvalue weighted by Gasteiger charge is -2.36. The van der Waals surface area contributed by atoms with Crippen molar-refractivity contribution in [3.05, 3.63) is 24.3 Å². The smallest absolute Gasteiger partial charge is 0.330 e. The van der Waals surface area contributed by atoms with E-state index in [1.54, 1.807) is 12.2 Å². The molecule has 0 atom stereocenters. The van der Waals surface area contributed by atoms with Crippen molar-refractivity contribution in [2.24, 2.45) is 11.8 Å². The van der Waals surface area contributed by atoms with Crippen molar-refractivity contribution in [3.8, 4) is 0 Å². The number of nitrogens with zero attached hydrogens (tertiary/aromatic N) is 1. The molecule has 0 heterocycles. The maximum Gasteiger partial charge on any atom is 0.330 e. The molecule has 7 heteroatoms. The summed E-state index contributed by atoms with van der Waals surface area (Å²) in [5.41, 5.74) is 0. The van der Waals surface area contributed by atoms with E-state index < -0.39 is 0 Å². The van der Waals surface area contributed by atoms with E-state index >= 15 is 0 Å². The highest BCUT2D eigenvalue weighted by Gasteiger charge is 2.31. The van der Waals surface area contributed by atoms with E-state index in [9.17, 15) is 14.4 Å². The van der Waals surface area contributed by atoms with Crippen LogP contribution in [0.15, 0.2) is 24.3 Å². The van der Waals surface area contributed by atoms with Gasteiger partial charge < -0.3 is 19.1 Å². The zero-order chi connectivity index (χ0) is 37.2. The van der Waals surface area contributed by atoms with Crippen LogP contribution in [0.4, 0.5) is 0 Å². The van der Waals surface area contributed by atoms with Crippen molar-refractivity contribution in [1.29, 1.82) is 0 Å². The molecule has 0 aromatic rings. The third-order valence-electron chi connectivity index (χ3n) is 10.00. The number of rotatable bonds is 35. The summed E-state index contributed by atoms with van der Waals surface area (Å²) >= 11 is 0. The monoisotopic (exact) mass is 718 g/mol. The van der Waals surface area contributed by atoms with Crippen LogP contribution < -0.4 is 0 Å².